The van der Waals surface area contributed by atoms with E-state index in [2.05, 4.69) is 55.6 Å². The van der Waals surface area contributed by atoms with Gasteiger partial charge in [-0.15, -0.1) is 0 Å². The van der Waals surface area contributed by atoms with E-state index in [-0.39, 0.29) is 17.9 Å². The number of hydrogen-bond acceptors (Lipinski definition) is 4. The standard InChI is InChI=1S/C24H36N4O2/c1-16(2)28(30-11-7-10-26(3)4)24(29)18-12-20-19-8-6-9-21-23(19)17(14-25-21)13-22(20)27(5)15-18/h6,8-9,12,16-18,22,25H,7,10-11,13-15H2,1-5H3/p+1/t17?,18-,22-/m1/s1. The number of amides is 1. The molecule has 3 atom stereocenters. The first kappa shape index (κ1) is 21.3. The molecule has 0 aromatic heterocycles. The molecule has 4 rings (SSSR count). The number of likely N-dealkylation sites (N-methyl/N-ethyl adjacent to an activating group) is 1. The van der Waals surface area contributed by atoms with Crippen molar-refractivity contribution in [3.63, 3.8) is 0 Å². The molecule has 30 heavy (non-hydrogen) atoms. The van der Waals surface area contributed by atoms with Crippen LogP contribution in [0.3, 0.4) is 0 Å². The molecule has 1 aromatic carbocycles. The molecule has 3 aliphatic rings. The Bertz CT molecular complexity index is 819. The molecule has 1 aliphatic carbocycles. The number of benzene rings is 1. The summed E-state index contributed by atoms with van der Waals surface area (Å²) in [7, 11) is 6.43. The van der Waals surface area contributed by atoms with Gasteiger partial charge >= 0.3 is 0 Å². The Kier molecular flexibility index (Phi) is 6.19. The van der Waals surface area contributed by atoms with E-state index in [1.54, 1.807) is 5.06 Å². The van der Waals surface area contributed by atoms with E-state index >= 15 is 0 Å². The molecule has 0 fully saturated rings. The fourth-order valence-electron chi connectivity index (χ4n) is 5.22. The van der Waals surface area contributed by atoms with Gasteiger partial charge in [0.1, 0.15) is 0 Å². The van der Waals surface area contributed by atoms with Crippen molar-refractivity contribution in [2.24, 2.45) is 5.92 Å². The van der Waals surface area contributed by atoms with Gasteiger partial charge in [0.2, 0.25) is 0 Å². The van der Waals surface area contributed by atoms with E-state index in [9.17, 15) is 4.79 Å². The average molecular weight is 414 g/mol. The van der Waals surface area contributed by atoms with Crippen molar-refractivity contribution in [1.29, 1.82) is 0 Å². The van der Waals surface area contributed by atoms with Gasteiger partial charge in [-0.05, 0) is 50.1 Å². The number of hydrogen-bond donors (Lipinski definition) is 2. The predicted octanol–water partition coefficient (Wildman–Crippen LogP) is 1.62. The van der Waals surface area contributed by atoms with Crippen LogP contribution in [-0.4, -0.2) is 75.3 Å². The fourth-order valence-corrected chi connectivity index (χ4v) is 5.22. The molecule has 1 unspecified atom stereocenters. The third-order valence-corrected chi connectivity index (χ3v) is 6.68. The fraction of sp³-hybridized carbons (Fsp3) is 0.625. The number of carbonyl (C=O) groups is 1. The predicted molar refractivity (Wildman–Crippen MR) is 120 cm³/mol. The summed E-state index contributed by atoms with van der Waals surface area (Å²) in [5, 5.41) is 5.18. The quantitative estimate of drug-likeness (QED) is 0.527. The van der Waals surface area contributed by atoms with E-state index in [0.29, 0.717) is 18.6 Å². The summed E-state index contributed by atoms with van der Waals surface area (Å²) in [4.78, 5) is 23.2. The summed E-state index contributed by atoms with van der Waals surface area (Å²) in [5.74, 6) is 0.472. The molecule has 0 saturated carbocycles. The minimum absolute atomic E-state index is 0.0199. The van der Waals surface area contributed by atoms with Crippen molar-refractivity contribution in [2.45, 2.75) is 44.7 Å². The molecule has 164 valence electrons. The first-order valence-corrected chi connectivity index (χ1v) is 11.4. The summed E-state index contributed by atoms with van der Waals surface area (Å²) in [6.07, 6.45) is 4.30. The lowest BCUT2D eigenvalue weighted by Gasteiger charge is -2.42. The molecule has 0 spiro atoms. The summed E-state index contributed by atoms with van der Waals surface area (Å²) in [5.41, 5.74) is 5.36. The Balaban J connectivity index is 1.56. The summed E-state index contributed by atoms with van der Waals surface area (Å²) < 4.78 is 0. The van der Waals surface area contributed by atoms with Crippen molar-refractivity contribution in [1.82, 2.24) is 9.96 Å². The molecule has 0 radical (unpaired) electrons. The molecule has 6 nitrogen and oxygen atoms in total. The second-order valence-corrected chi connectivity index (χ2v) is 9.67. The van der Waals surface area contributed by atoms with Gasteiger partial charge < -0.3 is 10.2 Å². The average Bonchev–Trinajstić information content (AvgIpc) is 3.12. The van der Waals surface area contributed by atoms with Crippen LogP contribution < -0.4 is 10.2 Å². The zero-order valence-corrected chi connectivity index (χ0v) is 19.1. The number of quaternary nitrogens is 1. The van der Waals surface area contributed by atoms with Gasteiger partial charge in [-0.25, -0.2) is 5.06 Å². The Labute approximate surface area is 180 Å². The van der Waals surface area contributed by atoms with Gasteiger partial charge in [0.25, 0.3) is 5.91 Å². The topological polar surface area (TPSA) is 49.3 Å². The van der Waals surface area contributed by atoms with Gasteiger partial charge in [0, 0.05) is 37.2 Å². The van der Waals surface area contributed by atoms with Crippen LogP contribution in [-0.2, 0) is 9.63 Å². The lowest BCUT2D eigenvalue weighted by molar-refractivity contribution is -0.858. The monoisotopic (exact) mass is 413 g/mol. The van der Waals surface area contributed by atoms with Crippen LogP contribution in [0.15, 0.2) is 24.3 Å². The highest BCUT2D eigenvalue weighted by atomic mass is 16.7. The summed E-state index contributed by atoms with van der Waals surface area (Å²) in [6.45, 7) is 7.44. The number of carbonyl (C=O) groups excluding carboxylic acids is 1. The molecule has 2 heterocycles. The van der Waals surface area contributed by atoms with Gasteiger partial charge in [0.05, 0.1) is 39.2 Å². The third-order valence-electron chi connectivity index (χ3n) is 6.68. The Hall–Kier alpha value is -1.89. The van der Waals surface area contributed by atoms with E-state index in [0.717, 1.165) is 32.5 Å². The van der Waals surface area contributed by atoms with Crippen LogP contribution >= 0.6 is 0 Å². The molecule has 1 amide bonds. The largest absolute Gasteiger partial charge is 0.384 e. The van der Waals surface area contributed by atoms with Crippen LogP contribution in [0.4, 0.5) is 5.69 Å². The summed E-state index contributed by atoms with van der Waals surface area (Å²) >= 11 is 0. The molecule has 1 aromatic rings. The zero-order chi connectivity index (χ0) is 21.4. The molecular weight excluding hydrogens is 376 g/mol. The van der Waals surface area contributed by atoms with Crippen molar-refractivity contribution in [3.8, 4) is 0 Å². The molecule has 2 N–H and O–H groups in total. The van der Waals surface area contributed by atoms with Crippen molar-refractivity contribution in [3.05, 3.63) is 35.4 Å². The number of nitrogens with one attached hydrogen (secondary N) is 2. The van der Waals surface area contributed by atoms with Crippen LogP contribution in [0.1, 0.15) is 43.7 Å². The normalized spacial score (nSPS) is 25.0. The van der Waals surface area contributed by atoms with E-state index in [1.165, 1.54) is 27.3 Å². The first-order valence-electron chi connectivity index (χ1n) is 11.4. The SMILES string of the molecule is CC(C)N(OCCC[NH+](C)C)C(=O)[C@@H]1C=C2c3cccc4c3C(CN4)C[C@H]2N(C)C1. The molecule has 0 saturated heterocycles. The van der Waals surface area contributed by atoms with Gasteiger partial charge in [-0.1, -0.05) is 18.2 Å². The third kappa shape index (κ3) is 4.01. The number of rotatable bonds is 7. The number of anilines is 1. The molecule has 2 aliphatic heterocycles. The Morgan fingerprint density at radius 2 is 2.17 bits per heavy atom. The van der Waals surface area contributed by atoms with Crippen LogP contribution in [0.2, 0.25) is 0 Å². The van der Waals surface area contributed by atoms with Gasteiger partial charge in [-0.3, -0.25) is 14.5 Å². The maximum absolute atomic E-state index is 13.5. The van der Waals surface area contributed by atoms with E-state index in [1.807, 2.05) is 13.8 Å². The number of hydroxylamine groups is 2. The van der Waals surface area contributed by atoms with Crippen molar-refractivity contribution >= 4 is 17.2 Å². The van der Waals surface area contributed by atoms with Crippen LogP contribution in [0, 0.1) is 5.92 Å². The summed E-state index contributed by atoms with van der Waals surface area (Å²) in [6, 6.07) is 6.95. The highest BCUT2D eigenvalue weighted by Crippen LogP contribution is 2.48. The second kappa shape index (κ2) is 8.69. The van der Waals surface area contributed by atoms with Crippen LogP contribution in [0.25, 0.3) is 5.57 Å². The Morgan fingerprint density at radius 3 is 2.90 bits per heavy atom. The first-order chi connectivity index (χ1) is 14.4. The molecule has 0 bridgehead atoms. The smallest absolute Gasteiger partial charge is 0.254 e. The van der Waals surface area contributed by atoms with E-state index < -0.39 is 0 Å². The van der Waals surface area contributed by atoms with Crippen LogP contribution in [0.5, 0.6) is 0 Å². The second-order valence-electron chi connectivity index (χ2n) is 9.67. The lowest BCUT2D eigenvalue weighted by atomic mass is 9.74. The molecular formula is C24H37N4O2+. The molecule has 6 heteroatoms. The van der Waals surface area contributed by atoms with Gasteiger partial charge in [-0.2, -0.15) is 0 Å². The number of nitrogens with zero attached hydrogens (tertiary/aromatic N) is 2. The van der Waals surface area contributed by atoms with Gasteiger partial charge in [0.15, 0.2) is 0 Å². The maximum Gasteiger partial charge on any atom is 0.254 e. The zero-order valence-electron chi connectivity index (χ0n) is 19.1. The Morgan fingerprint density at radius 1 is 1.37 bits per heavy atom. The van der Waals surface area contributed by atoms with Crippen molar-refractivity contribution < 1.29 is 14.5 Å². The van der Waals surface area contributed by atoms with Crippen molar-refractivity contribution in [2.75, 3.05) is 52.7 Å². The van der Waals surface area contributed by atoms with E-state index in [4.69, 9.17) is 4.84 Å². The lowest BCUT2D eigenvalue weighted by Crippen LogP contribution is -3.05. The highest BCUT2D eigenvalue weighted by molar-refractivity contribution is 5.87. The highest BCUT2D eigenvalue weighted by Gasteiger charge is 2.41. The minimum Gasteiger partial charge on any atom is -0.384 e. The number of fused-ring (bicyclic) bond motifs is 2. The minimum atomic E-state index is -0.176. The maximum atomic E-state index is 13.5.